The van der Waals surface area contributed by atoms with Crippen molar-refractivity contribution in [2.75, 3.05) is 112 Å². The summed E-state index contributed by atoms with van der Waals surface area (Å²) in [5.74, 6) is 1.87. The molecule has 4 N–H and O–H groups in total. The van der Waals surface area contributed by atoms with E-state index in [1.165, 1.54) is 12.1 Å². The first-order valence-corrected chi connectivity index (χ1v) is 24.0. The standard InChI is InChI=1S/2C26H30FN5O2/c2*27-21-8-6-19-4-3-5-23(22(19)18-21)32-15-13-31(14-16-32)12-1-2-17-34-24-9-7-20-10-11-28-26(33)30-25(20)29-24/h2*3-9,18H,1-2,10-17H2,(H2,28,29,30,33). The number of urea groups is 2. The fourth-order valence-electron chi connectivity index (χ4n) is 9.31. The number of aromatic nitrogens is 2. The van der Waals surface area contributed by atoms with Crippen molar-refractivity contribution >= 4 is 56.6 Å². The molecule has 10 rings (SSSR count). The van der Waals surface area contributed by atoms with Crippen molar-refractivity contribution in [1.82, 2.24) is 30.4 Å². The molecule has 4 aliphatic rings. The molecule has 0 bridgehead atoms. The SMILES string of the molecule is O=C1NCCc2ccc(OCCCCN3CCN(c4cccc5ccc(F)cc45)CC3)nc2N1.O=C1NCCc2ccc(OCCCCN3CCN(c4cccc5ccc(F)cc45)CC3)nc2N1. The van der Waals surface area contributed by atoms with E-state index in [0.717, 1.165) is 148 Å². The van der Waals surface area contributed by atoms with Crippen molar-refractivity contribution in [2.45, 2.75) is 38.5 Å². The lowest BCUT2D eigenvalue weighted by Gasteiger charge is -2.36. The van der Waals surface area contributed by atoms with E-state index in [4.69, 9.17) is 9.47 Å². The van der Waals surface area contributed by atoms with Crippen LogP contribution in [0.25, 0.3) is 21.5 Å². The van der Waals surface area contributed by atoms with E-state index in [-0.39, 0.29) is 23.7 Å². The quantitative estimate of drug-likeness (QED) is 0.0794. The maximum atomic E-state index is 13.8. The van der Waals surface area contributed by atoms with Crippen LogP contribution in [0.15, 0.2) is 97.1 Å². The number of piperazine rings is 2. The van der Waals surface area contributed by atoms with E-state index in [9.17, 15) is 18.4 Å². The summed E-state index contributed by atoms with van der Waals surface area (Å²) in [6, 6.07) is 29.6. The van der Waals surface area contributed by atoms with Gasteiger partial charge in [-0.3, -0.25) is 20.4 Å². The zero-order chi connectivity index (χ0) is 46.7. The summed E-state index contributed by atoms with van der Waals surface area (Å²) in [6.07, 6.45) is 5.49. The van der Waals surface area contributed by atoms with Gasteiger partial charge in [-0.05, 0) is 122 Å². The maximum Gasteiger partial charge on any atom is 0.320 e. The lowest BCUT2D eigenvalue weighted by molar-refractivity contribution is 0.236. The number of unbranched alkanes of at least 4 members (excludes halogenated alkanes) is 2. The molecule has 14 nitrogen and oxygen atoms in total. The monoisotopic (exact) mass is 926 g/mol. The molecule has 6 aromatic rings. The topological polar surface area (TPSA) is 139 Å². The Balaban J connectivity index is 0.000000170. The van der Waals surface area contributed by atoms with E-state index in [0.29, 0.717) is 49.7 Å². The number of nitrogens with one attached hydrogen (secondary N) is 4. The molecule has 16 heteroatoms. The first kappa shape index (κ1) is 46.3. The van der Waals surface area contributed by atoms with Crippen LogP contribution in [0.3, 0.4) is 0 Å². The molecule has 2 saturated heterocycles. The Bertz CT molecular complexity index is 2510. The number of pyridine rings is 2. The van der Waals surface area contributed by atoms with Gasteiger partial charge in [0, 0.05) is 99.7 Å². The van der Waals surface area contributed by atoms with Crippen LogP contribution in [0, 0.1) is 11.6 Å². The Morgan fingerprint density at radius 1 is 0.515 bits per heavy atom. The van der Waals surface area contributed by atoms with Gasteiger partial charge in [0.15, 0.2) is 0 Å². The zero-order valence-corrected chi connectivity index (χ0v) is 38.5. The number of rotatable bonds is 14. The van der Waals surface area contributed by atoms with Crippen molar-refractivity contribution < 1.29 is 27.8 Å². The van der Waals surface area contributed by atoms with Crippen molar-refractivity contribution in [2.24, 2.45) is 0 Å². The molecular weight excluding hydrogens is 867 g/mol. The summed E-state index contributed by atoms with van der Waals surface area (Å²) < 4.78 is 39.3. The van der Waals surface area contributed by atoms with Crippen LogP contribution in [0.1, 0.15) is 36.8 Å². The molecule has 0 saturated carbocycles. The van der Waals surface area contributed by atoms with Gasteiger partial charge in [0.05, 0.1) is 13.2 Å². The molecule has 0 spiro atoms. The summed E-state index contributed by atoms with van der Waals surface area (Å²) >= 11 is 0. The third kappa shape index (κ3) is 12.0. The van der Waals surface area contributed by atoms with Crippen LogP contribution in [0.2, 0.25) is 0 Å². The molecule has 2 aromatic heterocycles. The van der Waals surface area contributed by atoms with Crippen LogP contribution in [0.4, 0.5) is 41.4 Å². The van der Waals surface area contributed by atoms with Gasteiger partial charge in [-0.1, -0.05) is 36.4 Å². The Kier molecular flexibility index (Phi) is 15.2. The first-order valence-electron chi connectivity index (χ1n) is 24.0. The Labute approximate surface area is 396 Å². The number of hydrogen-bond donors (Lipinski definition) is 4. The molecule has 0 atom stereocenters. The summed E-state index contributed by atoms with van der Waals surface area (Å²) in [6.45, 7) is 12.2. The molecular formula is C52H60F2N10O4. The predicted octanol–water partition coefficient (Wildman–Crippen LogP) is 8.07. The van der Waals surface area contributed by atoms with E-state index in [2.05, 4.69) is 63.0 Å². The highest BCUT2D eigenvalue weighted by Crippen LogP contribution is 2.30. The smallest absolute Gasteiger partial charge is 0.320 e. The van der Waals surface area contributed by atoms with Crippen molar-refractivity contribution in [3.8, 4) is 11.8 Å². The van der Waals surface area contributed by atoms with E-state index < -0.39 is 0 Å². The molecule has 4 aromatic carbocycles. The van der Waals surface area contributed by atoms with Crippen molar-refractivity contribution in [3.05, 3.63) is 120 Å². The highest BCUT2D eigenvalue weighted by molar-refractivity contribution is 5.95. The first-order chi connectivity index (χ1) is 33.3. The Hall–Kier alpha value is -6.78. The van der Waals surface area contributed by atoms with Gasteiger partial charge in [-0.15, -0.1) is 0 Å². The van der Waals surface area contributed by atoms with E-state index in [1.54, 1.807) is 12.1 Å². The largest absolute Gasteiger partial charge is 0.478 e. The molecule has 2 fully saturated rings. The van der Waals surface area contributed by atoms with Crippen LogP contribution >= 0.6 is 0 Å². The molecule has 4 aliphatic heterocycles. The molecule has 356 valence electrons. The summed E-state index contributed by atoms with van der Waals surface area (Å²) in [5.41, 5.74) is 4.26. The van der Waals surface area contributed by atoms with Gasteiger partial charge >= 0.3 is 12.1 Å². The number of nitrogens with zero attached hydrogens (tertiary/aromatic N) is 6. The van der Waals surface area contributed by atoms with Crippen LogP contribution in [-0.2, 0) is 12.8 Å². The minimum Gasteiger partial charge on any atom is -0.478 e. The third-order valence-corrected chi connectivity index (χ3v) is 13.0. The lowest BCUT2D eigenvalue weighted by Crippen LogP contribution is -2.46. The summed E-state index contributed by atoms with van der Waals surface area (Å²) in [7, 11) is 0. The van der Waals surface area contributed by atoms with Gasteiger partial charge in [0.2, 0.25) is 11.8 Å². The average molecular weight is 927 g/mol. The number of carbonyl (C=O) groups excluding carboxylic acids is 2. The second kappa shape index (κ2) is 22.3. The van der Waals surface area contributed by atoms with Gasteiger partial charge in [0.25, 0.3) is 0 Å². The van der Waals surface area contributed by atoms with Crippen molar-refractivity contribution in [3.63, 3.8) is 0 Å². The highest BCUT2D eigenvalue weighted by atomic mass is 19.1. The van der Waals surface area contributed by atoms with Crippen LogP contribution in [0.5, 0.6) is 11.8 Å². The van der Waals surface area contributed by atoms with Crippen LogP contribution in [-0.4, -0.2) is 124 Å². The zero-order valence-electron chi connectivity index (χ0n) is 38.5. The molecule has 68 heavy (non-hydrogen) atoms. The Morgan fingerprint density at radius 2 is 0.956 bits per heavy atom. The fourth-order valence-corrected chi connectivity index (χ4v) is 9.31. The van der Waals surface area contributed by atoms with Gasteiger partial charge in [-0.2, -0.15) is 9.97 Å². The van der Waals surface area contributed by atoms with Gasteiger partial charge in [-0.25, -0.2) is 18.4 Å². The number of amides is 4. The minimum absolute atomic E-state index is 0.191. The van der Waals surface area contributed by atoms with Gasteiger partial charge in [0.1, 0.15) is 23.3 Å². The number of ether oxygens (including phenoxy) is 2. The number of anilines is 4. The maximum absolute atomic E-state index is 13.8. The van der Waals surface area contributed by atoms with Crippen LogP contribution < -0.4 is 40.5 Å². The molecule has 0 radical (unpaired) electrons. The van der Waals surface area contributed by atoms with E-state index in [1.807, 2.05) is 60.7 Å². The van der Waals surface area contributed by atoms with Crippen molar-refractivity contribution in [1.29, 1.82) is 0 Å². The molecule has 6 heterocycles. The highest BCUT2D eigenvalue weighted by Gasteiger charge is 2.21. The number of halogens is 2. The number of benzene rings is 4. The van der Waals surface area contributed by atoms with Gasteiger partial charge < -0.3 is 29.9 Å². The molecule has 0 unspecified atom stereocenters. The summed E-state index contributed by atoms with van der Waals surface area (Å²) in [5, 5.41) is 15.2. The lowest BCUT2D eigenvalue weighted by atomic mass is 10.1. The second-order valence-electron chi connectivity index (χ2n) is 17.6. The predicted molar refractivity (Wildman–Crippen MR) is 265 cm³/mol. The fraction of sp³-hybridized carbons (Fsp3) is 0.385. The minimum atomic E-state index is -0.226. The average Bonchev–Trinajstić information content (AvgIpc) is 3.67. The third-order valence-electron chi connectivity index (χ3n) is 13.0. The Morgan fingerprint density at radius 3 is 1.40 bits per heavy atom. The molecule has 4 amide bonds. The summed E-state index contributed by atoms with van der Waals surface area (Å²) in [4.78, 5) is 41.9. The number of hydrogen-bond acceptors (Lipinski definition) is 10. The second-order valence-corrected chi connectivity index (χ2v) is 17.6. The number of fused-ring (bicyclic) bond motifs is 4. The van der Waals surface area contributed by atoms with E-state index >= 15 is 0 Å². The normalized spacial score (nSPS) is 16.5. The molecule has 0 aliphatic carbocycles. The number of carbonyl (C=O) groups is 2.